The molecule has 0 aliphatic heterocycles. The summed E-state index contributed by atoms with van der Waals surface area (Å²) in [5.74, 6) is 3.23. The van der Waals surface area contributed by atoms with E-state index < -0.39 is 5.60 Å². The highest BCUT2D eigenvalue weighted by atomic mass is 35.5. The smallest absolute Gasteiger partial charge is 0.243 e. The van der Waals surface area contributed by atoms with Crippen LogP contribution in [0.2, 0.25) is 0 Å². The maximum Gasteiger partial charge on any atom is 0.243 e. The quantitative estimate of drug-likeness (QED) is 0.342. The van der Waals surface area contributed by atoms with Crippen LogP contribution in [0.4, 0.5) is 0 Å². The zero-order valence-corrected chi connectivity index (χ0v) is 19.2. The first-order valence-electron chi connectivity index (χ1n) is 11.0. The molecule has 0 aromatic heterocycles. The molecule has 0 radical (unpaired) electrons. The number of hydrogen-bond donors (Lipinski definition) is 3. The van der Waals surface area contributed by atoms with Gasteiger partial charge in [0.15, 0.2) is 0 Å². The third kappa shape index (κ3) is 5.63. The molecule has 0 bridgehead atoms. The third-order valence-corrected chi connectivity index (χ3v) is 6.94. The van der Waals surface area contributed by atoms with E-state index in [-0.39, 0.29) is 23.0 Å². The lowest BCUT2D eigenvalue weighted by molar-refractivity contribution is -0.116. The van der Waals surface area contributed by atoms with Gasteiger partial charge in [-0.2, -0.15) is 0 Å². The number of rotatable bonds is 7. The number of phenolic OH excluding ortho intramolecular Hbond substituents is 1. The molecular weight excluding hydrogens is 412 g/mol. The van der Waals surface area contributed by atoms with Crippen molar-refractivity contribution in [3.8, 4) is 17.0 Å². The molecule has 0 spiro atoms. The second kappa shape index (κ2) is 10.1. The molecule has 0 unspecified atom stereocenters. The SMILES string of the molecule is CN(C)CCCNC(=O)/C=C/C[C@]12CC[C@@](O)(C#CCl)C[C@@H]1CCc1cc(O)ccc12. The lowest BCUT2D eigenvalue weighted by Gasteiger charge is -2.52. The molecule has 2 aliphatic rings. The number of carbonyl (C=O) groups is 1. The van der Waals surface area contributed by atoms with Crippen LogP contribution in [0.15, 0.2) is 30.4 Å². The minimum absolute atomic E-state index is 0.0752. The van der Waals surface area contributed by atoms with Gasteiger partial charge in [0.1, 0.15) is 11.4 Å². The number of aliphatic hydroxyl groups is 1. The Morgan fingerprint density at radius 2 is 2.19 bits per heavy atom. The summed E-state index contributed by atoms with van der Waals surface area (Å²) in [5.41, 5.74) is 1.14. The van der Waals surface area contributed by atoms with Crippen LogP contribution in [-0.2, 0) is 16.6 Å². The van der Waals surface area contributed by atoms with Crippen molar-refractivity contribution in [3.05, 3.63) is 41.5 Å². The lowest BCUT2D eigenvalue weighted by Crippen LogP contribution is -2.49. The molecule has 168 valence electrons. The van der Waals surface area contributed by atoms with Crippen molar-refractivity contribution < 1.29 is 15.0 Å². The number of benzene rings is 1. The molecule has 0 heterocycles. The Bertz CT molecular complexity index is 888. The Hall–Kier alpha value is -2.00. The minimum atomic E-state index is -1.06. The van der Waals surface area contributed by atoms with Gasteiger partial charge in [-0.1, -0.05) is 18.1 Å². The van der Waals surface area contributed by atoms with Gasteiger partial charge >= 0.3 is 0 Å². The van der Waals surface area contributed by atoms with E-state index in [0.717, 1.165) is 37.8 Å². The highest BCUT2D eigenvalue weighted by molar-refractivity contribution is 6.30. The van der Waals surface area contributed by atoms with Crippen molar-refractivity contribution in [1.82, 2.24) is 10.2 Å². The van der Waals surface area contributed by atoms with Crippen molar-refractivity contribution in [2.45, 2.75) is 56.0 Å². The van der Waals surface area contributed by atoms with E-state index in [1.807, 2.05) is 32.3 Å². The summed E-state index contributed by atoms with van der Waals surface area (Å²) in [6.45, 7) is 1.59. The summed E-state index contributed by atoms with van der Waals surface area (Å²) in [6.07, 6.45) is 8.85. The number of allylic oxidation sites excluding steroid dienone is 1. The van der Waals surface area contributed by atoms with Crippen LogP contribution in [0.5, 0.6) is 5.75 Å². The number of nitrogens with zero attached hydrogens (tertiary/aromatic N) is 1. The number of phenols is 1. The highest BCUT2D eigenvalue weighted by Crippen LogP contribution is 2.54. The van der Waals surface area contributed by atoms with Crippen molar-refractivity contribution in [1.29, 1.82) is 0 Å². The number of halogens is 1. The number of amides is 1. The van der Waals surface area contributed by atoms with Gasteiger partial charge in [0, 0.05) is 17.3 Å². The van der Waals surface area contributed by atoms with E-state index in [1.165, 1.54) is 5.56 Å². The molecule has 3 atom stereocenters. The highest BCUT2D eigenvalue weighted by Gasteiger charge is 2.50. The molecule has 6 heteroatoms. The minimum Gasteiger partial charge on any atom is -0.508 e. The number of fused-ring (bicyclic) bond motifs is 3. The Morgan fingerprint density at radius 3 is 2.94 bits per heavy atom. The Labute approximate surface area is 190 Å². The first-order chi connectivity index (χ1) is 14.8. The van der Waals surface area contributed by atoms with Gasteiger partial charge in [-0.05, 0) is 112 Å². The average molecular weight is 445 g/mol. The van der Waals surface area contributed by atoms with Crippen LogP contribution in [0, 0.1) is 17.2 Å². The van der Waals surface area contributed by atoms with E-state index in [9.17, 15) is 15.0 Å². The third-order valence-electron chi connectivity index (χ3n) is 6.85. The van der Waals surface area contributed by atoms with Crippen molar-refractivity contribution in [2.75, 3.05) is 27.2 Å². The zero-order chi connectivity index (χ0) is 22.5. The first kappa shape index (κ1) is 23.7. The number of hydrogen-bond acceptors (Lipinski definition) is 4. The predicted octanol–water partition coefficient (Wildman–Crippen LogP) is 3.32. The van der Waals surface area contributed by atoms with Gasteiger partial charge in [0.25, 0.3) is 0 Å². The number of carbonyl (C=O) groups excluding carboxylic acids is 1. The first-order valence-corrected chi connectivity index (χ1v) is 11.4. The summed E-state index contributed by atoms with van der Waals surface area (Å²) in [4.78, 5) is 14.3. The second-order valence-electron chi connectivity index (χ2n) is 9.24. The van der Waals surface area contributed by atoms with Crippen LogP contribution in [0.25, 0.3) is 0 Å². The summed E-state index contributed by atoms with van der Waals surface area (Å²) in [7, 11) is 4.03. The summed E-state index contributed by atoms with van der Waals surface area (Å²) >= 11 is 5.61. The Kier molecular flexibility index (Phi) is 7.69. The lowest BCUT2D eigenvalue weighted by atomic mass is 9.53. The molecule has 31 heavy (non-hydrogen) atoms. The molecule has 5 nitrogen and oxygen atoms in total. The van der Waals surface area contributed by atoms with Crippen molar-refractivity contribution in [2.24, 2.45) is 5.92 Å². The Morgan fingerprint density at radius 1 is 1.39 bits per heavy atom. The maximum atomic E-state index is 12.2. The van der Waals surface area contributed by atoms with E-state index >= 15 is 0 Å². The van der Waals surface area contributed by atoms with Gasteiger partial charge in [-0.15, -0.1) is 0 Å². The molecule has 1 aromatic carbocycles. The van der Waals surface area contributed by atoms with Crippen LogP contribution in [0.3, 0.4) is 0 Å². The van der Waals surface area contributed by atoms with E-state index in [1.54, 1.807) is 12.1 Å². The van der Waals surface area contributed by atoms with Gasteiger partial charge in [0.2, 0.25) is 5.91 Å². The maximum absolute atomic E-state index is 12.2. The van der Waals surface area contributed by atoms with E-state index in [2.05, 4.69) is 21.5 Å². The van der Waals surface area contributed by atoms with Crippen LogP contribution < -0.4 is 5.32 Å². The number of nitrogens with one attached hydrogen (secondary N) is 1. The molecule has 3 N–H and O–H groups in total. The largest absolute Gasteiger partial charge is 0.508 e. The van der Waals surface area contributed by atoms with Crippen LogP contribution >= 0.6 is 11.6 Å². The van der Waals surface area contributed by atoms with E-state index in [4.69, 9.17) is 11.6 Å². The fraction of sp³-hybridized carbons (Fsp3) is 0.560. The molecule has 1 saturated carbocycles. The van der Waals surface area contributed by atoms with Gasteiger partial charge < -0.3 is 20.4 Å². The van der Waals surface area contributed by atoms with Crippen LogP contribution in [0.1, 0.15) is 49.7 Å². The normalized spacial score (nSPS) is 27.3. The number of aryl methyl sites for hydroxylation is 1. The monoisotopic (exact) mass is 444 g/mol. The average Bonchev–Trinajstić information content (AvgIpc) is 2.71. The predicted molar refractivity (Wildman–Crippen MR) is 124 cm³/mol. The summed E-state index contributed by atoms with van der Waals surface area (Å²) in [6, 6.07) is 5.61. The van der Waals surface area contributed by atoms with Crippen LogP contribution in [-0.4, -0.2) is 53.8 Å². The molecule has 2 aliphatic carbocycles. The fourth-order valence-corrected chi connectivity index (χ4v) is 5.47. The Balaban J connectivity index is 1.77. The topological polar surface area (TPSA) is 72.8 Å². The summed E-state index contributed by atoms with van der Waals surface area (Å²) < 4.78 is 0. The molecule has 1 amide bonds. The van der Waals surface area contributed by atoms with Crippen molar-refractivity contribution in [3.63, 3.8) is 0 Å². The molecule has 3 rings (SSSR count). The van der Waals surface area contributed by atoms with Crippen molar-refractivity contribution >= 4 is 17.5 Å². The van der Waals surface area contributed by atoms with Gasteiger partial charge in [-0.25, -0.2) is 0 Å². The van der Waals surface area contributed by atoms with Gasteiger partial charge in [0.05, 0.1) is 0 Å². The molecular formula is C25H33ClN2O3. The molecule has 1 aromatic rings. The fourth-order valence-electron chi connectivity index (χ4n) is 5.30. The zero-order valence-electron chi connectivity index (χ0n) is 18.5. The van der Waals surface area contributed by atoms with Gasteiger partial charge in [-0.3, -0.25) is 4.79 Å². The molecule has 1 fully saturated rings. The number of aromatic hydroxyl groups is 1. The molecule has 0 saturated heterocycles. The van der Waals surface area contributed by atoms with E-state index in [0.29, 0.717) is 25.8 Å². The summed E-state index contributed by atoms with van der Waals surface area (Å²) in [5, 5.41) is 26.2. The standard InChI is InChI=1S/C25H33ClN2O3/c1-28(2)16-4-15-27-23(30)5-3-10-25-12-11-24(31,13-14-26)18-20(25)7-6-19-17-21(29)8-9-22(19)25/h3,5,8-9,17,20,29,31H,4,6-7,10-12,15-16,18H2,1-2H3,(H,27,30)/b5-3+/t20-,24+,25-/m0/s1. The second-order valence-corrected chi connectivity index (χ2v) is 9.43.